The molecule has 0 aromatic heterocycles. The molecule has 1 N–H and O–H groups in total. The lowest BCUT2D eigenvalue weighted by Gasteiger charge is -2.16. The van der Waals surface area contributed by atoms with E-state index in [1.807, 2.05) is 18.2 Å². The Morgan fingerprint density at radius 2 is 1.95 bits per heavy atom. The summed E-state index contributed by atoms with van der Waals surface area (Å²) in [5.41, 5.74) is 3.63. The van der Waals surface area contributed by atoms with Gasteiger partial charge in [-0.1, -0.05) is 36.4 Å². The van der Waals surface area contributed by atoms with Crippen molar-refractivity contribution >= 4 is 5.69 Å². The van der Waals surface area contributed by atoms with Gasteiger partial charge >= 0.3 is 0 Å². The predicted molar refractivity (Wildman–Crippen MR) is 89.4 cm³/mol. The fourth-order valence-electron chi connectivity index (χ4n) is 2.70. The number of benzene rings is 2. The molecule has 1 fully saturated rings. The quantitative estimate of drug-likeness (QED) is 0.868. The summed E-state index contributed by atoms with van der Waals surface area (Å²) in [5.74, 6) is 0.895. The van der Waals surface area contributed by atoms with Crippen molar-refractivity contribution in [3.8, 4) is 5.75 Å². The molecule has 0 aliphatic carbocycles. The van der Waals surface area contributed by atoms with Crippen LogP contribution in [0.2, 0.25) is 0 Å². The average Bonchev–Trinajstić information content (AvgIpc) is 3.06. The monoisotopic (exact) mass is 297 g/mol. The second kappa shape index (κ2) is 7.32. The van der Waals surface area contributed by atoms with Crippen LogP contribution in [0, 0.1) is 6.92 Å². The highest BCUT2D eigenvalue weighted by Gasteiger charge is 2.16. The molecule has 0 amide bonds. The lowest BCUT2D eigenvalue weighted by atomic mass is 10.1. The molecule has 0 spiro atoms. The molecule has 1 saturated heterocycles. The van der Waals surface area contributed by atoms with Crippen LogP contribution in [0.15, 0.2) is 48.5 Å². The standard InChI is InChI=1S/C19H23NO2/c1-15-7-2-3-8-16(15)13-20-18-10-4-5-11-19(18)22-14-17-9-6-12-21-17/h2-5,7-8,10-11,17,20H,6,9,12-14H2,1H3. The van der Waals surface area contributed by atoms with Crippen molar-refractivity contribution < 1.29 is 9.47 Å². The van der Waals surface area contributed by atoms with E-state index in [0.717, 1.165) is 37.4 Å². The van der Waals surface area contributed by atoms with Crippen LogP contribution in [0.5, 0.6) is 5.75 Å². The minimum atomic E-state index is 0.240. The molecule has 116 valence electrons. The molecular weight excluding hydrogens is 274 g/mol. The minimum absolute atomic E-state index is 0.240. The smallest absolute Gasteiger partial charge is 0.142 e. The summed E-state index contributed by atoms with van der Waals surface area (Å²) in [6.45, 7) is 4.42. The number of hydrogen-bond donors (Lipinski definition) is 1. The fourth-order valence-corrected chi connectivity index (χ4v) is 2.70. The van der Waals surface area contributed by atoms with E-state index < -0.39 is 0 Å². The van der Waals surface area contributed by atoms with Gasteiger partial charge in [-0.05, 0) is 43.0 Å². The molecular formula is C19H23NO2. The molecule has 1 aliphatic heterocycles. The van der Waals surface area contributed by atoms with Crippen molar-refractivity contribution in [3.05, 3.63) is 59.7 Å². The molecule has 3 rings (SSSR count). The second-order valence-electron chi connectivity index (χ2n) is 5.72. The first-order valence-corrected chi connectivity index (χ1v) is 7.95. The molecule has 0 radical (unpaired) electrons. The first kappa shape index (κ1) is 14.9. The van der Waals surface area contributed by atoms with Gasteiger partial charge in [0.1, 0.15) is 12.4 Å². The molecule has 2 aromatic carbocycles. The highest BCUT2D eigenvalue weighted by atomic mass is 16.5. The largest absolute Gasteiger partial charge is 0.489 e. The zero-order valence-corrected chi connectivity index (χ0v) is 13.0. The van der Waals surface area contributed by atoms with Gasteiger partial charge < -0.3 is 14.8 Å². The Balaban J connectivity index is 1.62. The summed E-state index contributed by atoms with van der Waals surface area (Å²) in [6.07, 6.45) is 2.48. The Labute approximate surface area is 132 Å². The van der Waals surface area contributed by atoms with Crippen molar-refractivity contribution in [2.24, 2.45) is 0 Å². The van der Waals surface area contributed by atoms with Gasteiger partial charge in [0.15, 0.2) is 0 Å². The van der Waals surface area contributed by atoms with E-state index in [4.69, 9.17) is 9.47 Å². The van der Waals surface area contributed by atoms with Crippen molar-refractivity contribution in [2.75, 3.05) is 18.5 Å². The average molecular weight is 297 g/mol. The third-order valence-corrected chi connectivity index (χ3v) is 4.07. The fraction of sp³-hybridized carbons (Fsp3) is 0.368. The van der Waals surface area contributed by atoms with Gasteiger partial charge in [0.2, 0.25) is 0 Å². The minimum Gasteiger partial charge on any atom is -0.489 e. The zero-order chi connectivity index (χ0) is 15.2. The van der Waals surface area contributed by atoms with E-state index in [2.05, 4.69) is 42.6 Å². The highest BCUT2D eigenvalue weighted by Crippen LogP contribution is 2.26. The topological polar surface area (TPSA) is 30.5 Å². The molecule has 1 heterocycles. The van der Waals surface area contributed by atoms with Crippen LogP contribution in [0.3, 0.4) is 0 Å². The maximum absolute atomic E-state index is 5.95. The van der Waals surface area contributed by atoms with Gasteiger partial charge in [-0.15, -0.1) is 0 Å². The Bertz CT molecular complexity index is 606. The summed E-state index contributed by atoms with van der Waals surface area (Å²) < 4.78 is 11.6. The SMILES string of the molecule is Cc1ccccc1CNc1ccccc1OCC1CCCO1. The van der Waals surface area contributed by atoms with Crippen molar-refractivity contribution in [3.63, 3.8) is 0 Å². The molecule has 3 nitrogen and oxygen atoms in total. The highest BCUT2D eigenvalue weighted by molar-refractivity contribution is 5.56. The van der Waals surface area contributed by atoms with E-state index >= 15 is 0 Å². The van der Waals surface area contributed by atoms with E-state index in [0.29, 0.717) is 6.61 Å². The summed E-state index contributed by atoms with van der Waals surface area (Å²) in [5, 5.41) is 3.48. The Kier molecular flexibility index (Phi) is 4.96. The number of aryl methyl sites for hydroxylation is 1. The summed E-state index contributed by atoms with van der Waals surface area (Å²) in [4.78, 5) is 0. The number of para-hydroxylation sites is 2. The third-order valence-electron chi connectivity index (χ3n) is 4.07. The summed E-state index contributed by atoms with van der Waals surface area (Å²) >= 11 is 0. The molecule has 1 atom stereocenters. The van der Waals surface area contributed by atoms with Crippen LogP contribution in [0.25, 0.3) is 0 Å². The van der Waals surface area contributed by atoms with Crippen molar-refractivity contribution in [1.82, 2.24) is 0 Å². The van der Waals surface area contributed by atoms with Gasteiger partial charge in [-0.3, -0.25) is 0 Å². The van der Waals surface area contributed by atoms with Gasteiger partial charge in [0, 0.05) is 13.2 Å². The van der Waals surface area contributed by atoms with Crippen LogP contribution in [-0.2, 0) is 11.3 Å². The first-order valence-electron chi connectivity index (χ1n) is 7.95. The number of rotatable bonds is 6. The van der Waals surface area contributed by atoms with E-state index in [1.165, 1.54) is 11.1 Å². The van der Waals surface area contributed by atoms with Gasteiger partial charge in [0.25, 0.3) is 0 Å². The molecule has 1 unspecified atom stereocenters. The Morgan fingerprint density at radius 3 is 2.77 bits per heavy atom. The molecule has 0 bridgehead atoms. The second-order valence-corrected chi connectivity index (χ2v) is 5.72. The maximum Gasteiger partial charge on any atom is 0.142 e. The number of nitrogens with one attached hydrogen (secondary N) is 1. The predicted octanol–water partition coefficient (Wildman–Crippen LogP) is 4.16. The van der Waals surface area contributed by atoms with Crippen LogP contribution < -0.4 is 10.1 Å². The molecule has 2 aromatic rings. The van der Waals surface area contributed by atoms with Crippen LogP contribution in [0.4, 0.5) is 5.69 Å². The lowest BCUT2D eigenvalue weighted by Crippen LogP contribution is -2.16. The van der Waals surface area contributed by atoms with Gasteiger partial charge in [-0.25, -0.2) is 0 Å². The van der Waals surface area contributed by atoms with E-state index in [-0.39, 0.29) is 6.10 Å². The van der Waals surface area contributed by atoms with Crippen molar-refractivity contribution in [2.45, 2.75) is 32.4 Å². The molecule has 0 saturated carbocycles. The van der Waals surface area contributed by atoms with Crippen LogP contribution >= 0.6 is 0 Å². The summed E-state index contributed by atoms with van der Waals surface area (Å²) in [7, 11) is 0. The van der Waals surface area contributed by atoms with E-state index in [9.17, 15) is 0 Å². The van der Waals surface area contributed by atoms with Crippen LogP contribution in [-0.4, -0.2) is 19.3 Å². The molecule has 1 aliphatic rings. The lowest BCUT2D eigenvalue weighted by molar-refractivity contribution is 0.0682. The number of anilines is 1. The van der Waals surface area contributed by atoms with Gasteiger partial charge in [-0.2, -0.15) is 0 Å². The first-order chi connectivity index (χ1) is 10.8. The van der Waals surface area contributed by atoms with E-state index in [1.54, 1.807) is 0 Å². The zero-order valence-electron chi connectivity index (χ0n) is 13.0. The number of ether oxygens (including phenoxy) is 2. The molecule has 22 heavy (non-hydrogen) atoms. The summed E-state index contributed by atoms with van der Waals surface area (Å²) in [6, 6.07) is 16.5. The maximum atomic E-state index is 5.95. The normalized spacial score (nSPS) is 17.4. The van der Waals surface area contributed by atoms with Gasteiger partial charge in [0.05, 0.1) is 11.8 Å². The van der Waals surface area contributed by atoms with Crippen LogP contribution in [0.1, 0.15) is 24.0 Å². The van der Waals surface area contributed by atoms with Crippen molar-refractivity contribution in [1.29, 1.82) is 0 Å². The third kappa shape index (κ3) is 3.80. The number of hydrogen-bond acceptors (Lipinski definition) is 3. The Morgan fingerprint density at radius 1 is 1.14 bits per heavy atom. The molecule has 3 heteroatoms. The Hall–Kier alpha value is -2.00.